The lowest BCUT2D eigenvalue weighted by Gasteiger charge is -2.34. The maximum absolute atomic E-state index is 11.5. The average molecular weight is 439 g/mol. The summed E-state index contributed by atoms with van der Waals surface area (Å²) in [6, 6.07) is 8.33. The molecule has 1 aliphatic rings. The number of hydrogen-bond donors (Lipinski definition) is 2. The molecule has 0 aromatic heterocycles. The molecule has 0 spiro atoms. The van der Waals surface area contributed by atoms with Crippen molar-refractivity contribution in [2.45, 2.75) is 51.6 Å². The summed E-state index contributed by atoms with van der Waals surface area (Å²) in [5, 5.41) is 6.64. The highest BCUT2D eigenvalue weighted by Crippen LogP contribution is 2.31. The molecular weight excluding hydrogens is 400 g/mol. The number of hydrogen-bond acceptors (Lipinski definition) is 5. The van der Waals surface area contributed by atoms with Crippen molar-refractivity contribution in [3.05, 3.63) is 29.8 Å². The van der Waals surface area contributed by atoms with E-state index in [1.165, 1.54) is 25.5 Å². The first kappa shape index (κ1) is 24.5. The molecule has 1 saturated heterocycles. The van der Waals surface area contributed by atoms with Crippen molar-refractivity contribution in [1.82, 2.24) is 15.5 Å². The fraction of sp³-hybridized carbons (Fsp3) is 0.682. The van der Waals surface area contributed by atoms with Gasteiger partial charge >= 0.3 is 0 Å². The van der Waals surface area contributed by atoms with Crippen LogP contribution in [0.25, 0.3) is 0 Å². The van der Waals surface area contributed by atoms with E-state index in [0.29, 0.717) is 13.0 Å². The van der Waals surface area contributed by atoms with Gasteiger partial charge in [-0.25, -0.2) is 8.42 Å². The Morgan fingerprint density at radius 1 is 1.23 bits per heavy atom. The number of aliphatic imine (C=N–C) groups is 1. The zero-order valence-electron chi connectivity index (χ0n) is 18.9. The molecule has 2 rings (SSSR count). The van der Waals surface area contributed by atoms with Gasteiger partial charge in [-0.2, -0.15) is 0 Å². The van der Waals surface area contributed by atoms with Crippen molar-refractivity contribution < 1.29 is 13.2 Å². The fourth-order valence-electron chi connectivity index (χ4n) is 3.78. The Labute approximate surface area is 182 Å². The van der Waals surface area contributed by atoms with Gasteiger partial charge in [0.1, 0.15) is 15.6 Å². The van der Waals surface area contributed by atoms with Gasteiger partial charge in [-0.05, 0) is 52.3 Å². The summed E-state index contributed by atoms with van der Waals surface area (Å²) in [6.45, 7) is 7.49. The second-order valence-corrected chi connectivity index (χ2v) is 10.3. The maximum Gasteiger partial charge on any atom is 0.191 e. The molecule has 0 amide bonds. The van der Waals surface area contributed by atoms with Crippen LogP contribution in [-0.4, -0.2) is 70.6 Å². The number of likely N-dealkylation sites (tertiary alicyclic amines) is 1. The van der Waals surface area contributed by atoms with Crippen LogP contribution in [0.5, 0.6) is 5.75 Å². The van der Waals surface area contributed by atoms with Gasteiger partial charge in [-0.3, -0.25) is 9.89 Å². The van der Waals surface area contributed by atoms with E-state index in [-0.39, 0.29) is 17.8 Å². The standard InChI is InChI=1S/C22H38N4O3S/c1-5-23-22(25-18(2)13-16-30(4,27)28)24-17-20(26-14-9-6-10-15-26)19-11-7-8-12-21(19)29-3/h7-8,11-12,18,20H,5-6,9-10,13-17H2,1-4H3,(H2,23,24,25). The van der Waals surface area contributed by atoms with Crippen molar-refractivity contribution in [1.29, 1.82) is 0 Å². The lowest BCUT2D eigenvalue weighted by atomic mass is 10.0. The molecule has 1 fully saturated rings. The van der Waals surface area contributed by atoms with Crippen LogP contribution in [-0.2, 0) is 9.84 Å². The van der Waals surface area contributed by atoms with Gasteiger partial charge in [-0.15, -0.1) is 0 Å². The minimum atomic E-state index is -2.97. The highest BCUT2D eigenvalue weighted by Gasteiger charge is 2.25. The quantitative estimate of drug-likeness (QED) is 0.432. The highest BCUT2D eigenvalue weighted by molar-refractivity contribution is 7.90. The number of benzene rings is 1. The molecule has 2 N–H and O–H groups in total. The SMILES string of the molecule is CCNC(=NCC(c1ccccc1OC)N1CCCCC1)NC(C)CCS(C)(=O)=O. The van der Waals surface area contributed by atoms with Crippen LogP contribution in [0, 0.1) is 0 Å². The number of nitrogens with zero attached hydrogens (tertiary/aromatic N) is 2. The molecule has 0 radical (unpaired) electrons. The van der Waals surface area contributed by atoms with Crippen LogP contribution >= 0.6 is 0 Å². The second-order valence-electron chi connectivity index (χ2n) is 8.04. The van der Waals surface area contributed by atoms with Gasteiger partial charge in [0.05, 0.1) is 25.4 Å². The summed E-state index contributed by atoms with van der Waals surface area (Å²) in [5.41, 5.74) is 1.16. The first-order valence-corrected chi connectivity index (χ1v) is 13.0. The third kappa shape index (κ3) is 8.14. The molecule has 170 valence electrons. The normalized spacial score (nSPS) is 17.9. The maximum atomic E-state index is 11.5. The van der Waals surface area contributed by atoms with E-state index in [0.717, 1.165) is 36.9 Å². The number of rotatable bonds is 10. The van der Waals surface area contributed by atoms with Gasteiger partial charge in [0, 0.05) is 24.4 Å². The van der Waals surface area contributed by atoms with Crippen molar-refractivity contribution in [2.75, 3.05) is 45.3 Å². The Balaban J connectivity index is 2.17. The van der Waals surface area contributed by atoms with Crippen molar-refractivity contribution in [3.63, 3.8) is 0 Å². The molecule has 2 atom stereocenters. The number of piperidine rings is 1. The Bertz CT molecular complexity index is 776. The van der Waals surface area contributed by atoms with E-state index < -0.39 is 9.84 Å². The predicted octanol–water partition coefficient (Wildman–Crippen LogP) is 2.60. The minimum Gasteiger partial charge on any atom is -0.496 e. The molecule has 0 bridgehead atoms. The van der Waals surface area contributed by atoms with Crippen LogP contribution in [0.3, 0.4) is 0 Å². The van der Waals surface area contributed by atoms with E-state index in [2.05, 4.69) is 27.7 Å². The fourth-order valence-corrected chi connectivity index (χ4v) is 4.56. The third-order valence-corrected chi connectivity index (χ3v) is 6.38. The lowest BCUT2D eigenvalue weighted by molar-refractivity contribution is 0.165. The highest BCUT2D eigenvalue weighted by atomic mass is 32.2. The van der Waals surface area contributed by atoms with E-state index in [1.807, 2.05) is 26.0 Å². The van der Waals surface area contributed by atoms with Gasteiger partial charge in [0.2, 0.25) is 0 Å². The Morgan fingerprint density at radius 2 is 1.93 bits per heavy atom. The number of sulfone groups is 1. The number of ether oxygens (including phenoxy) is 1. The summed E-state index contributed by atoms with van der Waals surface area (Å²) in [4.78, 5) is 7.37. The first-order valence-electron chi connectivity index (χ1n) is 10.9. The predicted molar refractivity (Wildman–Crippen MR) is 124 cm³/mol. The summed E-state index contributed by atoms with van der Waals surface area (Å²) in [7, 11) is -1.26. The van der Waals surface area contributed by atoms with Gasteiger partial charge in [-0.1, -0.05) is 24.6 Å². The van der Waals surface area contributed by atoms with Crippen molar-refractivity contribution in [2.24, 2.45) is 4.99 Å². The zero-order valence-corrected chi connectivity index (χ0v) is 19.7. The molecule has 8 heteroatoms. The van der Waals surface area contributed by atoms with Gasteiger partial charge < -0.3 is 15.4 Å². The zero-order chi connectivity index (χ0) is 22.0. The largest absolute Gasteiger partial charge is 0.496 e. The monoisotopic (exact) mass is 438 g/mol. The number of nitrogens with one attached hydrogen (secondary N) is 2. The molecule has 30 heavy (non-hydrogen) atoms. The topological polar surface area (TPSA) is 83.0 Å². The number of guanidine groups is 1. The minimum absolute atomic E-state index is 0.0113. The van der Waals surface area contributed by atoms with Gasteiger partial charge in [0.15, 0.2) is 5.96 Å². The smallest absolute Gasteiger partial charge is 0.191 e. The van der Waals surface area contributed by atoms with Crippen molar-refractivity contribution in [3.8, 4) is 5.75 Å². The van der Waals surface area contributed by atoms with E-state index >= 15 is 0 Å². The summed E-state index contributed by atoms with van der Waals surface area (Å²) in [6.07, 6.45) is 5.51. The molecule has 1 aromatic rings. The van der Waals surface area contributed by atoms with Crippen LogP contribution in [0.2, 0.25) is 0 Å². The molecule has 1 aromatic carbocycles. The Hall–Kier alpha value is -1.80. The van der Waals surface area contributed by atoms with E-state index in [4.69, 9.17) is 9.73 Å². The van der Waals surface area contributed by atoms with E-state index in [9.17, 15) is 8.42 Å². The second kappa shape index (κ2) is 12.2. The molecule has 0 aliphatic carbocycles. The van der Waals surface area contributed by atoms with E-state index in [1.54, 1.807) is 7.11 Å². The number of para-hydroxylation sites is 1. The Morgan fingerprint density at radius 3 is 2.57 bits per heavy atom. The first-order chi connectivity index (χ1) is 14.3. The summed E-state index contributed by atoms with van der Waals surface area (Å²) < 4.78 is 28.6. The lowest BCUT2D eigenvalue weighted by Crippen LogP contribution is -2.43. The third-order valence-electron chi connectivity index (χ3n) is 5.40. The Kier molecular flexibility index (Phi) is 9.91. The van der Waals surface area contributed by atoms with Gasteiger partial charge in [0.25, 0.3) is 0 Å². The molecule has 1 heterocycles. The van der Waals surface area contributed by atoms with Crippen LogP contribution in [0.15, 0.2) is 29.3 Å². The average Bonchev–Trinajstić information content (AvgIpc) is 2.73. The molecule has 2 unspecified atom stereocenters. The number of methoxy groups -OCH3 is 1. The summed E-state index contributed by atoms with van der Waals surface area (Å²) >= 11 is 0. The molecule has 1 aliphatic heterocycles. The molecule has 0 saturated carbocycles. The summed E-state index contributed by atoms with van der Waals surface area (Å²) in [5.74, 6) is 1.77. The van der Waals surface area contributed by atoms with Crippen LogP contribution in [0.4, 0.5) is 0 Å². The van der Waals surface area contributed by atoms with Crippen LogP contribution < -0.4 is 15.4 Å². The van der Waals surface area contributed by atoms with Crippen molar-refractivity contribution >= 4 is 15.8 Å². The molecular formula is C22H38N4O3S. The molecule has 7 nitrogen and oxygen atoms in total. The van der Waals surface area contributed by atoms with Crippen LogP contribution in [0.1, 0.15) is 51.1 Å².